The standard InChI is InChI=1S/C19H21F3N4O4S/c1-8(7-26-11(10-4-5-10)6-12(25-26)19(20,21)22)16(28)24-17-13(18(29)30-3)9(2)14(31-17)15(23)27/h6,8,10H,4-5,7H2,1-3H3,(H2,23,27)(H,24,28). The highest BCUT2D eigenvalue weighted by molar-refractivity contribution is 7.18. The Morgan fingerprint density at radius 2 is 2.03 bits per heavy atom. The van der Waals surface area contributed by atoms with Gasteiger partial charge in [0.2, 0.25) is 5.91 Å². The van der Waals surface area contributed by atoms with Crippen LogP contribution in [0.1, 0.15) is 62.7 Å². The Balaban J connectivity index is 1.82. The number of nitrogens with one attached hydrogen (secondary N) is 1. The average Bonchev–Trinajstić information content (AvgIpc) is 3.35. The summed E-state index contributed by atoms with van der Waals surface area (Å²) in [5, 5.41) is 6.31. The second-order valence-corrected chi connectivity index (χ2v) is 8.44. The van der Waals surface area contributed by atoms with E-state index in [0.717, 1.165) is 37.4 Å². The largest absolute Gasteiger partial charge is 0.465 e. The zero-order valence-corrected chi connectivity index (χ0v) is 17.8. The smallest absolute Gasteiger partial charge is 0.435 e. The number of aromatic nitrogens is 2. The van der Waals surface area contributed by atoms with Crippen molar-refractivity contribution >= 4 is 34.1 Å². The zero-order chi connectivity index (χ0) is 23.1. The number of methoxy groups -OCH3 is 1. The first kappa shape index (κ1) is 22.8. The molecule has 1 saturated carbocycles. The fraction of sp³-hybridized carbons (Fsp3) is 0.474. The molecule has 3 rings (SSSR count). The number of halogens is 3. The summed E-state index contributed by atoms with van der Waals surface area (Å²) in [4.78, 5) is 36.6. The number of carbonyl (C=O) groups excluding carboxylic acids is 3. The molecule has 1 atom stereocenters. The van der Waals surface area contributed by atoms with Gasteiger partial charge in [0.1, 0.15) is 5.00 Å². The molecule has 1 aliphatic rings. The number of nitrogens with two attached hydrogens (primary N) is 1. The Bertz CT molecular complexity index is 1040. The van der Waals surface area contributed by atoms with Gasteiger partial charge in [0.15, 0.2) is 5.69 Å². The molecule has 8 nitrogen and oxygen atoms in total. The van der Waals surface area contributed by atoms with E-state index in [4.69, 9.17) is 10.5 Å². The van der Waals surface area contributed by atoms with Gasteiger partial charge >= 0.3 is 12.1 Å². The SMILES string of the molecule is COC(=O)c1c(NC(=O)C(C)Cn2nc(C(F)(F)F)cc2C2CC2)sc(C(N)=O)c1C. The predicted octanol–water partition coefficient (Wildman–Crippen LogP) is 3.31. The van der Waals surface area contributed by atoms with Crippen LogP contribution in [-0.4, -0.2) is 34.7 Å². The number of nitrogens with zero attached hydrogens (tertiary/aromatic N) is 2. The van der Waals surface area contributed by atoms with Crippen LogP contribution in [0.15, 0.2) is 6.07 Å². The summed E-state index contributed by atoms with van der Waals surface area (Å²) in [5.74, 6) is -2.83. The van der Waals surface area contributed by atoms with Crippen LogP contribution in [0.3, 0.4) is 0 Å². The minimum absolute atomic E-state index is 0.00265. The minimum Gasteiger partial charge on any atom is -0.465 e. The van der Waals surface area contributed by atoms with Gasteiger partial charge in [-0.15, -0.1) is 11.3 Å². The fourth-order valence-corrected chi connectivity index (χ4v) is 4.24. The lowest BCUT2D eigenvalue weighted by atomic mass is 10.1. The Hall–Kier alpha value is -2.89. The summed E-state index contributed by atoms with van der Waals surface area (Å²) in [6.07, 6.45) is -3.03. The monoisotopic (exact) mass is 458 g/mol. The predicted molar refractivity (Wildman–Crippen MR) is 106 cm³/mol. The number of hydrogen-bond donors (Lipinski definition) is 2. The van der Waals surface area contributed by atoms with Gasteiger partial charge in [-0.2, -0.15) is 18.3 Å². The molecule has 0 aliphatic heterocycles. The van der Waals surface area contributed by atoms with E-state index in [1.165, 1.54) is 18.5 Å². The number of hydrogen-bond acceptors (Lipinski definition) is 6. The molecule has 0 radical (unpaired) electrons. The topological polar surface area (TPSA) is 116 Å². The van der Waals surface area contributed by atoms with E-state index < -0.39 is 35.6 Å². The number of anilines is 1. The summed E-state index contributed by atoms with van der Waals surface area (Å²) < 4.78 is 45.2. The quantitative estimate of drug-likeness (QED) is 0.618. The second kappa shape index (κ2) is 8.33. The van der Waals surface area contributed by atoms with E-state index >= 15 is 0 Å². The van der Waals surface area contributed by atoms with Crippen LogP contribution in [0.25, 0.3) is 0 Å². The Morgan fingerprint density at radius 3 is 2.55 bits per heavy atom. The first-order valence-electron chi connectivity index (χ1n) is 9.41. The van der Waals surface area contributed by atoms with Crippen molar-refractivity contribution in [3.05, 3.63) is 33.5 Å². The molecule has 0 bridgehead atoms. The van der Waals surface area contributed by atoms with Crippen LogP contribution in [0.5, 0.6) is 0 Å². The van der Waals surface area contributed by atoms with Gasteiger partial charge in [0, 0.05) is 11.6 Å². The summed E-state index contributed by atoms with van der Waals surface area (Å²) in [7, 11) is 1.16. The third kappa shape index (κ3) is 4.73. The number of rotatable bonds is 7. The second-order valence-electron chi connectivity index (χ2n) is 7.42. The Labute approximate surface area is 179 Å². The lowest BCUT2D eigenvalue weighted by Gasteiger charge is -2.14. The molecule has 0 aromatic carbocycles. The van der Waals surface area contributed by atoms with Crippen LogP contribution in [0, 0.1) is 12.8 Å². The summed E-state index contributed by atoms with van der Waals surface area (Å²) >= 11 is 0.837. The van der Waals surface area contributed by atoms with Crippen molar-refractivity contribution in [2.45, 2.75) is 45.3 Å². The van der Waals surface area contributed by atoms with Crippen LogP contribution < -0.4 is 11.1 Å². The number of carbonyl (C=O) groups is 3. The van der Waals surface area contributed by atoms with Crippen molar-refractivity contribution in [2.24, 2.45) is 11.7 Å². The van der Waals surface area contributed by atoms with Crippen LogP contribution >= 0.6 is 11.3 Å². The molecule has 2 amide bonds. The van der Waals surface area contributed by atoms with Gasteiger partial charge in [0.05, 0.1) is 30.0 Å². The molecule has 2 aromatic rings. The lowest BCUT2D eigenvalue weighted by Crippen LogP contribution is -2.26. The maximum atomic E-state index is 13.1. The number of primary amides is 1. The van der Waals surface area contributed by atoms with Crippen molar-refractivity contribution in [3.63, 3.8) is 0 Å². The molecule has 1 unspecified atom stereocenters. The average molecular weight is 458 g/mol. The molecular formula is C19H21F3N4O4S. The fourth-order valence-electron chi connectivity index (χ4n) is 3.19. The van der Waals surface area contributed by atoms with Gasteiger partial charge < -0.3 is 15.8 Å². The van der Waals surface area contributed by atoms with E-state index in [-0.39, 0.29) is 33.5 Å². The van der Waals surface area contributed by atoms with Crippen LogP contribution in [-0.2, 0) is 22.3 Å². The van der Waals surface area contributed by atoms with E-state index in [1.54, 1.807) is 0 Å². The number of ether oxygens (including phenoxy) is 1. The van der Waals surface area contributed by atoms with Crippen LogP contribution in [0.2, 0.25) is 0 Å². The first-order valence-corrected chi connectivity index (χ1v) is 10.2. The van der Waals surface area contributed by atoms with Gasteiger partial charge in [-0.3, -0.25) is 14.3 Å². The van der Waals surface area contributed by atoms with Gasteiger partial charge in [-0.25, -0.2) is 4.79 Å². The van der Waals surface area contributed by atoms with Crippen molar-refractivity contribution in [1.29, 1.82) is 0 Å². The molecule has 31 heavy (non-hydrogen) atoms. The molecule has 2 aromatic heterocycles. The molecule has 12 heteroatoms. The van der Waals surface area contributed by atoms with Gasteiger partial charge in [-0.1, -0.05) is 6.92 Å². The molecule has 168 valence electrons. The van der Waals surface area contributed by atoms with E-state index in [2.05, 4.69) is 10.4 Å². The van der Waals surface area contributed by atoms with Gasteiger partial charge in [0.25, 0.3) is 5.91 Å². The normalized spacial score (nSPS) is 14.9. The number of amides is 2. The Kier molecular flexibility index (Phi) is 6.12. The Morgan fingerprint density at radius 1 is 1.39 bits per heavy atom. The molecule has 3 N–H and O–H groups in total. The number of alkyl halides is 3. The molecule has 0 spiro atoms. The van der Waals surface area contributed by atoms with Crippen molar-refractivity contribution in [3.8, 4) is 0 Å². The zero-order valence-electron chi connectivity index (χ0n) is 17.0. The van der Waals surface area contributed by atoms with Crippen LogP contribution in [0.4, 0.5) is 18.2 Å². The molecule has 1 fully saturated rings. The highest BCUT2D eigenvalue weighted by Gasteiger charge is 2.38. The number of thiophene rings is 1. The maximum absolute atomic E-state index is 13.1. The minimum atomic E-state index is -4.57. The first-order chi connectivity index (χ1) is 14.4. The summed E-state index contributed by atoms with van der Waals surface area (Å²) in [6, 6.07) is 1.03. The van der Waals surface area contributed by atoms with Gasteiger partial charge in [-0.05, 0) is 31.4 Å². The van der Waals surface area contributed by atoms with Crippen molar-refractivity contribution in [1.82, 2.24) is 9.78 Å². The van der Waals surface area contributed by atoms with E-state index in [1.807, 2.05) is 0 Å². The highest BCUT2D eigenvalue weighted by atomic mass is 32.1. The van der Waals surface area contributed by atoms with Crippen molar-refractivity contribution in [2.75, 3.05) is 12.4 Å². The summed E-state index contributed by atoms with van der Waals surface area (Å²) in [6.45, 7) is 2.97. The molecule has 2 heterocycles. The molecule has 0 saturated heterocycles. The third-order valence-electron chi connectivity index (χ3n) is 4.99. The maximum Gasteiger partial charge on any atom is 0.435 e. The lowest BCUT2D eigenvalue weighted by molar-refractivity contribution is -0.141. The van der Waals surface area contributed by atoms with E-state index in [0.29, 0.717) is 5.69 Å². The highest BCUT2D eigenvalue weighted by Crippen LogP contribution is 2.42. The summed E-state index contributed by atoms with van der Waals surface area (Å²) in [5.41, 5.74) is 5.08. The van der Waals surface area contributed by atoms with Crippen molar-refractivity contribution < 1.29 is 32.3 Å². The third-order valence-corrected chi connectivity index (χ3v) is 6.21. The molecule has 1 aliphatic carbocycles. The van der Waals surface area contributed by atoms with E-state index in [9.17, 15) is 27.6 Å². The number of esters is 1. The molecular weight excluding hydrogens is 437 g/mol.